The Hall–Kier alpha value is -3.16. The number of hydrogen-bond donors (Lipinski definition) is 2. The molecule has 0 fully saturated rings. The fourth-order valence-electron chi connectivity index (χ4n) is 2.99. The summed E-state index contributed by atoms with van der Waals surface area (Å²) in [5.41, 5.74) is 3.62. The van der Waals surface area contributed by atoms with Crippen LogP contribution in [-0.2, 0) is 16.4 Å². The molecule has 0 saturated carbocycles. The summed E-state index contributed by atoms with van der Waals surface area (Å²) in [5.74, 6) is -0.295. The monoisotopic (exact) mass is 437 g/mol. The molecule has 31 heavy (non-hydrogen) atoms. The third-order valence-corrected chi connectivity index (χ3v) is 6.26. The highest BCUT2D eigenvalue weighted by molar-refractivity contribution is 7.92. The van der Waals surface area contributed by atoms with Gasteiger partial charge in [-0.25, -0.2) is 8.42 Å². The van der Waals surface area contributed by atoms with Crippen molar-refractivity contribution in [1.82, 2.24) is 4.90 Å². The van der Waals surface area contributed by atoms with Crippen LogP contribution in [0.2, 0.25) is 0 Å². The molecule has 7 heteroatoms. The smallest absolute Gasteiger partial charge is 0.261 e. The molecule has 3 aromatic rings. The molecule has 0 radical (unpaired) electrons. The minimum atomic E-state index is -3.74. The molecule has 1 amide bonds. The topological polar surface area (TPSA) is 78.5 Å². The number of aryl methyl sites for hydroxylation is 1. The van der Waals surface area contributed by atoms with Gasteiger partial charge in [-0.1, -0.05) is 30.3 Å². The zero-order valence-corrected chi connectivity index (χ0v) is 18.7. The Morgan fingerprint density at radius 1 is 0.903 bits per heavy atom. The van der Waals surface area contributed by atoms with Gasteiger partial charge in [0.25, 0.3) is 15.9 Å². The number of anilines is 2. The number of carbonyl (C=O) groups is 1. The van der Waals surface area contributed by atoms with Crippen molar-refractivity contribution in [3.05, 3.63) is 89.5 Å². The number of nitrogens with zero attached hydrogens (tertiary/aromatic N) is 1. The van der Waals surface area contributed by atoms with Crippen molar-refractivity contribution >= 4 is 27.3 Å². The van der Waals surface area contributed by atoms with Gasteiger partial charge in [0.15, 0.2) is 0 Å². The lowest BCUT2D eigenvalue weighted by atomic mass is 10.1. The van der Waals surface area contributed by atoms with Crippen LogP contribution in [0.25, 0.3) is 0 Å². The van der Waals surface area contributed by atoms with Crippen molar-refractivity contribution in [2.75, 3.05) is 30.7 Å². The first-order valence-electron chi connectivity index (χ1n) is 9.98. The van der Waals surface area contributed by atoms with Crippen LogP contribution in [0.5, 0.6) is 0 Å². The number of carbonyl (C=O) groups excluding carboxylic acids is 1. The number of hydrogen-bond acceptors (Lipinski definition) is 4. The maximum Gasteiger partial charge on any atom is 0.261 e. The quantitative estimate of drug-likeness (QED) is 0.555. The number of amides is 1. The second-order valence-corrected chi connectivity index (χ2v) is 9.33. The maximum atomic E-state index is 12.6. The van der Waals surface area contributed by atoms with Gasteiger partial charge in [-0.15, -0.1) is 0 Å². The minimum absolute atomic E-state index is 0.0950. The molecule has 3 rings (SSSR count). The fraction of sp³-hybridized carbons (Fsp3) is 0.208. The van der Waals surface area contributed by atoms with Crippen LogP contribution < -0.4 is 10.0 Å². The standard InChI is InChI=1S/C24H27N3O3S/c1-18-6-4-5-7-23(18)26-31(29,30)22-14-10-20(11-15-22)24(28)25-21-12-8-19(9-13-21)16-17-27(2)3/h4-15,26H,16-17H2,1-3H3,(H,25,28). The third-order valence-electron chi connectivity index (χ3n) is 4.88. The van der Waals surface area contributed by atoms with Gasteiger partial charge in [-0.3, -0.25) is 9.52 Å². The third kappa shape index (κ3) is 6.16. The van der Waals surface area contributed by atoms with E-state index in [2.05, 4.69) is 14.9 Å². The van der Waals surface area contributed by atoms with Crippen molar-refractivity contribution in [2.45, 2.75) is 18.2 Å². The van der Waals surface area contributed by atoms with Crippen molar-refractivity contribution in [3.63, 3.8) is 0 Å². The number of para-hydroxylation sites is 1. The van der Waals surface area contributed by atoms with Crippen LogP contribution in [0.15, 0.2) is 77.7 Å². The molecule has 0 aromatic heterocycles. The zero-order chi connectivity index (χ0) is 22.4. The summed E-state index contributed by atoms with van der Waals surface area (Å²) in [7, 11) is 0.324. The van der Waals surface area contributed by atoms with Crippen molar-refractivity contribution in [3.8, 4) is 0 Å². The first-order valence-corrected chi connectivity index (χ1v) is 11.5. The van der Waals surface area contributed by atoms with E-state index < -0.39 is 10.0 Å². The Morgan fingerprint density at radius 2 is 1.55 bits per heavy atom. The van der Waals surface area contributed by atoms with Gasteiger partial charge in [0, 0.05) is 17.8 Å². The van der Waals surface area contributed by atoms with Gasteiger partial charge in [0.2, 0.25) is 0 Å². The molecule has 0 spiro atoms. The van der Waals surface area contributed by atoms with Gasteiger partial charge in [0.1, 0.15) is 0 Å². The van der Waals surface area contributed by atoms with Crippen LogP contribution >= 0.6 is 0 Å². The molecule has 2 N–H and O–H groups in total. The number of rotatable bonds is 8. The lowest BCUT2D eigenvalue weighted by Crippen LogP contribution is -2.15. The van der Waals surface area contributed by atoms with E-state index in [1.165, 1.54) is 29.8 Å². The van der Waals surface area contributed by atoms with Gasteiger partial charge in [-0.05, 0) is 81.0 Å². The highest BCUT2D eigenvalue weighted by Gasteiger charge is 2.16. The van der Waals surface area contributed by atoms with Crippen molar-refractivity contribution in [2.24, 2.45) is 0 Å². The summed E-state index contributed by atoms with van der Waals surface area (Å²) in [6.07, 6.45) is 0.938. The summed E-state index contributed by atoms with van der Waals surface area (Å²) in [6, 6.07) is 20.8. The van der Waals surface area contributed by atoms with Crippen LogP contribution in [-0.4, -0.2) is 39.9 Å². The van der Waals surface area contributed by atoms with Crippen molar-refractivity contribution in [1.29, 1.82) is 0 Å². The van der Waals surface area contributed by atoms with Crippen LogP contribution in [0, 0.1) is 6.92 Å². The summed E-state index contributed by atoms with van der Waals surface area (Å²) in [5, 5.41) is 2.84. The predicted octanol–water partition coefficient (Wildman–Crippen LogP) is 4.15. The first-order chi connectivity index (χ1) is 14.7. The summed E-state index contributed by atoms with van der Waals surface area (Å²) < 4.78 is 27.9. The second kappa shape index (κ2) is 9.76. The Bertz CT molecular complexity index is 1140. The average Bonchev–Trinajstić information content (AvgIpc) is 2.75. The SMILES string of the molecule is Cc1ccccc1NS(=O)(=O)c1ccc(C(=O)Nc2ccc(CCN(C)C)cc2)cc1. The fourth-order valence-corrected chi connectivity index (χ4v) is 4.12. The molecule has 162 valence electrons. The zero-order valence-electron chi connectivity index (χ0n) is 17.9. The molecule has 0 aliphatic rings. The Labute approximate surface area is 184 Å². The highest BCUT2D eigenvalue weighted by atomic mass is 32.2. The van der Waals surface area contributed by atoms with E-state index in [4.69, 9.17) is 0 Å². The van der Waals surface area contributed by atoms with Gasteiger partial charge in [0.05, 0.1) is 10.6 Å². The lowest BCUT2D eigenvalue weighted by molar-refractivity contribution is 0.102. The molecule has 0 atom stereocenters. The van der Waals surface area contributed by atoms with Crippen LogP contribution in [0.4, 0.5) is 11.4 Å². The van der Waals surface area contributed by atoms with E-state index in [1.54, 1.807) is 12.1 Å². The number of nitrogens with one attached hydrogen (secondary N) is 2. The molecule has 3 aromatic carbocycles. The summed E-state index contributed by atoms with van der Waals surface area (Å²) in [4.78, 5) is 14.7. The van der Waals surface area contributed by atoms with E-state index in [0.717, 1.165) is 18.5 Å². The Kier molecular flexibility index (Phi) is 7.09. The molecular formula is C24H27N3O3S. The summed E-state index contributed by atoms with van der Waals surface area (Å²) >= 11 is 0. The Morgan fingerprint density at radius 3 is 2.16 bits per heavy atom. The van der Waals surface area contributed by atoms with Gasteiger partial charge in [-0.2, -0.15) is 0 Å². The van der Waals surface area contributed by atoms with E-state index in [-0.39, 0.29) is 10.8 Å². The number of likely N-dealkylation sites (N-methyl/N-ethyl adjacent to an activating group) is 1. The van der Waals surface area contributed by atoms with E-state index in [9.17, 15) is 13.2 Å². The molecule has 6 nitrogen and oxygen atoms in total. The molecule has 0 unspecified atom stereocenters. The molecular weight excluding hydrogens is 410 g/mol. The summed E-state index contributed by atoms with van der Waals surface area (Å²) in [6.45, 7) is 2.79. The second-order valence-electron chi connectivity index (χ2n) is 7.65. The average molecular weight is 438 g/mol. The molecule has 0 aliphatic heterocycles. The predicted molar refractivity (Wildman–Crippen MR) is 125 cm³/mol. The Balaban J connectivity index is 1.65. The molecule has 0 heterocycles. The van der Waals surface area contributed by atoms with E-state index in [1.807, 2.05) is 57.4 Å². The van der Waals surface area contributed by atoms with Gasteiger partial charge >= 0.3 is 0 Å². The molecule has 0 aliphatic carbocycles. The molecule has 0 saturated heterocycles. The number of sulfonamides is 1. The highest BCUT2D eigenvalue weighted by Crippen LogP contribution is 2.20. The van der Waals surface area contributed by atoms with E-state index in [0.29, 0.717) is 16.9 Å². The first kappa shape index (κ1) is 22.5. The van der Waals surface area contributed by atoms with Crippen molar-refractivity contribution < 1.29 is 13.2 Å². The molecule has 0 bridgehead atoms. The van der Waals surface area contributed by atoms with Gasteiger partial charge < -0.3 is 10.2 Å². The lowest BCUT2D eigenvalue weighted by Gasteiger charge is -2.11. The maximum absolute atomic E-state index is 12.6. The number of benzene rings is 3. The van der Waals surface area contributed by atoms with Crippen LogP contribution in [0.3, 0.4) is 0 Å². The van der Waals surface area contributed by atoms with E-state index >= 15 is 0 Å². The minimum Gasteiger partial charge on any atom is -0.322 e. The largest absolute Gasteiger partial charge is 0.322 e. The normalized spacial score (nSPS) is 11.4. The van der Waals surface area contributed by atoms with Crippen LogP contribution in [0.1, 0.15) is 21.5 Å².